The number of anilines is 1. The van der Waals surface area contributed by atoms with Crippen LogP contribution in [0.2, 0.25) is 5.15 Å². The summed E-state index contributed by atoms with van der Waals surface area (Å²) >= 11 is 6.14. The van der Waals surface area contributed by atoms with Gasteiger partial charge in [-0.05, 0) is 25.8 Å². The van der Waals surface area contributed by atoms with Crippen molar-refractivity contribution in [1.29, 1.82) is 0 Å². The number of nitrogens with one attached hydrogen (secondary N) is 1. The Morgan fingerprint density at radius 1 is 1.36 bits per heavy atom. The van der Waals surface area contributed by atoms with Crippen LogP contribution in [-0.2, 0) is 4.79 Å². The quantitative estimate of drug-likeness (QED) is 0.512. The largest absolute Gasteiger partial charge is 0.495 e. The van der Waals surface area contributed by atoms with E-state index in [1.54, 1.807) is 18.1 Å². The number of methoxy groups -OCH3 is 1. The lowest BCUT2D eigenvalue weighted by atomic mass is 10.0. The Hall–Kier alpha value is -2.34. The molecule has 0 spiro atoms. The molecule has 0 saturated carbocycles. The standard InChI is InChI=1S/C15H17ClN4O2.C3H6/c1-22-14-7-12-11(15(16)18-8-17-12)6-13(14)19-10-2-4-20(9-21)5-3-10;1-3-2/h6-10,19H,2-5H2,1H3;3H,1H2,2H3. The molecule has 134 valence electrons. The van der Waals surface area contributed by atoms with Gasteiger partial charge in [-0.3, -0.25) is 4.79 Å². The molecule has 7 heteroatoms. The van der Waals surface area contributed by atoms with Gasteiger partial charge in [-0.1, -0.05) is 17.7 Å². The van der Waals surface area contributed by atoms with Crippen molar-refractivity contribution >= 4 is 34.6 Å². The molecule has 1 amide bonds. The number of nitrogens with zero attached hydrogens (tertiary/aromatic N) is 3. The zero-order valence-electron chi connectivity index (χ0n) is 14.5. The fourth-order valence-corrected chi connectivity index (χ4v) is 2.90. The van der Waals surface area contributed by atoms with Gasteiger partial charge in [-0.25, -0.2) is 9.97 Å². The van der Waals surface area contributed by atoms with Gasteiger partial charge in [0.15, 0.2) is 0 Å². The number of ether oxygens (including phenoxy) is 1. The molecule has 1 saturated heterocycles. The molecular weight excluding hydrogens is 340 g/mol. The van der Waals surface area contributed by atoms with Crippen molar-refractivity contribution in [2.24, 2.45) is 0 Å². The zero-order valence-corrected chi connectivity index (χ0v) is 15.3. The topological polar surface area (TPSA) is 67.4 Å². The summed E-state index contributed by atoms with van der Waals surface area (Å²) in [5.41, 5.74) is 1.62. The highest BCUT2D eigenvalue weighted by Crippen LogP contribution is 2.33. The maximum atomic E-state index is 10.8. The van der Waals surface area contributed by atoms with E-state index >= 15 is 0 Å². The molecule has 3 rings (SSSR count). The molecule has 0 bridgehead atoms. The number of amides is 1. The highest BCUT2D eigenvalue weighted by atomic mass is 35.5. The molecule has 0 aliphatic carbocycles. The summed E-state index contributed by atoms with van der Waals surface area (Å²) in [5, 5.41) is 4.69. The second-order valence-corrected chi connectivity index (χ2v) is 6.06. The number of benzene rings is 1. The smallest absolute Gasteiger partial charge is 0.209 e. The lowest BCUT2D eigenvalue weighted by Gasteiger charge is -2.30. The zero-order chi connectivity index (χ0) is 18.2. The van der Waals surface area contributed by atoms with Crippen LogP contribution in [0.15, 0.2) is 31.1 Å². The molecule has 25 heavy (non-hydrogen) atoms. The predicted molar refractivity (Wildman–Crippen MR) is 101 cm³/mol. The van der Waals surface area contributed by atoms with E-state index in [0.29, 0.717) is 11.2 Å². The number of allylic oxidation sites excluding steroid dienone is 1. The number of fused-ring (bicyclic) bond motifs is 1. The molecule has 0 unspecified atom stereocenters. The first-order valence-electron chi connectivity index (χ1n) is 8.14. The molecule has 0 atom stereocenters. The molecular formula is C18H23ClN4O2. The van der Waals surface area contributed by atoms with Crippen LogP contribution in [0, 0.1) is 0 Å². The third-order valence-corrected chi connectivity index (χ3v) is 4.25. The molecule has 2 aromatic rings. The lowest BCUT2D eigenvalue weighted by Crippen LogP contribution is -2.38. The number of carbonyl (C=O) groups is 1. The number of rotatable bonds is 4. The van der Waals surface area contributed by atoms with Crippen LogP contribution < -0.4 is 10.1 Å². The molecule has 1 aliphatic rings. The minimum atomic E-state index is 0.297. The summed E-state index contributed by atoms with van der Waals surface area (Å²) in [6.07, 6.45) is 5.90. The molecule has 1 aliphatic heterocycles. The lowest BCUT2D eigenvalue weighted by molar-refractivity contribution is -0.118. The minimum absolute atomic E-state index is 0.297. The van der Waals surface area contributed by atoms with E-state index in [2.05, 4.69) is 21.9 Å². The second-order valence-electron chi connectivity index (χ2n) is 5.70. The highest BCUT2D eigenvalue weighted by Gasteiger charge is 2.19. The Kier molecular flexibility index (Phi) is 7.01. The molecule has 1 N–H and O–H groups in total. The van der Waals surface area contributed by atoms with Crippen LogP contribution in [0.1, 0.15) is 19.8 Å². The number of hydrogen-bond acceptors (Lipinski definition) is 5. The normalized spacial score (nSPS) is 14.4. The first kappa shape index (κ1) is 19.0. The molecule has 6 nitrogen and oxygen atoms in total. The third kappa shape index (κ3) is 4.82. The van der Waals surface area contributed by atoms with Gasteiger partial charge in [0.25, 0.3) is 0 Å². The number of carbonyl (C=O) groups excluding carboxylic acids is 1. The number of halogens is 1. The van der Waals surface area contributed by atoms with Crippen molar-refractivity contribution in [2.75, 3.05) is 25.5 Å². The van der Waals surface area contributed by atoms with Crippen LogP contribution in [0.4, 0.5) is 5.69 Å². The van der Waals surface area contributed by atoms with Crippen LogP contribution in [0.5, 0.6) is 5.75 Å². The Bertz CT molecular complexity index is 730. The molecule has 0 radical (unpaired) electrons. The summed E-state index contributed by atoms with van der Waals surface area (Å²) in [7, 11) is 1.63. The van der Waals surface area contributed by atoms with Gasteiger partial charge < -0.3 is 15.0 Å². The Balaban J connectivity index is 0.000000701. The van der Waals surface area contributed by atoms with E-state index in [4.69, 9.17) is 16.3 Å². The summed E-state index contributed by atoms with van der Waals surface area (Å²) in [4.78, 5) is 20.8. The van der Waals surface area contributed by atoms with Crippen molar-refractivity contribution < 1.29 is 9.53 Å². The number of piperidine rings is 1. The van der Waals surface area contributed by atoms with Gasteiger partial charge >= 0.3 is 0 Å². The van der Waals surface area contributed by atoms with Crippen molar-refractivity contribution in [1.82, 2.24) is 14.9 Å². The average molecular weight is 363 g/mol. The molecule has 1 aromatic heterocycles. The average Bonchev–Trinajstić information content (AvgIpc) is 2.63. The van der Waals surface area contributed by atoms with E-state index in [0.717, 1.165) is 54.7 Å². The van der Waals surface area contributed by atoms with E-state index in [9.17, 15) is 4.79 Å². The summed E-state index contributed by atoms with van der Waals surface area (Å²) in [6.45, 7) is 6.78. The third-order valence-electron chi connectivity index (χ3n) is 3.95. The van der Waals surface area contributed by atoms with Crippen LogP contribution in [0.25, 0.3) is 10.9 Å². The predicted octanol–water partition coefficient (Wildman–Crippen LogP) is 3.52. The van der Waals surface area contributed by atoms with E-state index in [1.807, 2.05) is 19.1 Å². The number of aromatic nitrogens is 2. The van der Waals surface area contributed by atoms with Crippen molar-refractivity contribution in [3.05, 3.63) is 36.3 Å². The van der Waals surface area contributed by atoms with Crippen molar-refractivity contribution in [2.45, 2.75) is 25.8 Å². The van der Waals surface area contributed by atoms with Gasteiger partial charge in [-0.2, -0.15) is 0 Å². The second kappa shape index (κ2) is 9.22. The number of hydrogen-bond donors (Lipinski definition) is 1. The molecule has 1 fully saturated rings. The maximum Gasteiger partial charge on any atom is 0.209 e. The SMILES string of the molecule is C=CC.COc1cc2ncnc(Cl)c2cc1NC1CCN(C=O)CC1. The van der Waals surface area contributed by atoms with Gasteiger partial charge in [-0.15, -0.1) is 6.58 Å². The monoisotopic (exact) mass is 362 g/mol. The molecule has 1 aromatic carbocycles. The fraction of sp³-hybridized carbons (Fsp3) is 0.389. The van der Waals surface area contributed by atoms with Gasteiger partial charge in [0.2, 0.25) is 6.41 Å². The maximum absolute atomic E-state index is 10.8. The van der Waals surface area contributed by atoms with Crippen LogP contribution >= 0.6 is 11.6 Å². The first-order valence-corrected chi connectivity index (χ1v) is 8.51. The van der Waals surface area contributed by atoms with Gasteiger partial charge in [0.1, 0.15) is 17.2 Å². The van der Waals surface area contributed by atoms with E-state index in [1.165, 1.54) is 6.33 Å². The highest BCUT2D eigenvalue weighted by molar-refractivity contribution is 6.34. The summed E-state index contributed by atoms with van der Waals surface area (Å²) < 4.78 is 5.44. The fourth-order valence-electron chi connectivity index (χ4n) is 2.70. The van der Waals surface area contributed by atoms with Crippen molar-refractivity contribution in [3.63, 3.8) is 0 Å². The van der Waals surface area contributed by atoms with Crippen molar-refractivity contribution in [3.8, 4) is 5.75 Å². The Morgan fingerprint density at radius 2 is 2.04 bits per heavy atom. The minimum Gasteiger partial charge on any atom is -0.495 e. The van der Waals surface area contributed by atoms with Gasteiger partial charge in [0.05, 0.1) is 18.3 Å². The Labute approximate surface area is 152 Å². The van der Waals surface area contributed by atoms with Crippen LogP contribution in [0.3, 0.4) is 0 Å². The number of likely N-dealkylation sites (tertiary alicyclic amines) is 1. The summed E-state index contributed by atoms with van der Waals surface area (Å²) in [6, 6.07) is 4.07. The van der Waals surface area contributed by atoms with Crippen LogP contribution in [-0.4, -0.2) is 47.5 Å². The Morgan fingerprint density at radius 3 is 2.64 bits per heavy atom. The van der Waals surface area contributed by atoms with E-state index in [-0.39, 0.29) is 0 Å². The summed E-state index contributed by atoms with van der Waals surface area (Å²) in [5.74, 6) is 0.722. The first-order chi connectivity index (χ1) is 12.1. The van der Waals surface area contributed by atoms with Gasteiger partial charge in [0, 0.05) is 30.6 Å². The molecule has 2 heterocycles. The van der Waals surface area contributed by atoms with E-state index < -0.39 is 0 Å².